The van der Waals surface area contributed by atoms with Crippen molar-refractivity contribution in [3.63, 3.8) is 0 Å². The summed E-state index contributed by atoms with van der Waals surface area (Å²) in [7, 11) is 0. The van der Waals surface area contributed by atoms with Crippen molar-refractivity contribution in [3.8, 4) is 5.75 Å². The number of hydrogen-bond donors (Lipinski definition) is 1. The second-order valence-corrected chi connectivity index (χ2v) is 6.54. The number of phenols is 1. The number of aryl methyl sites for hydroxylation is 1. The standard InChI is InChI=1S/C16H20OS/c1-11-14-9-8-13(17)10-15(14)18-16(11)12-6-4-2-3-5-7-12/h8-10,12,17H,2-7H2,1H3. The summed E-state index contributed by atoms with van der Waals surface area (Å²) in [5.74, 6) is 1.14. The lowest BCUT2D eigenvalue weighted by Gasteiger charge is -2.13. The summed E-state index contributed by atoms with van der Waals surface area (Å²) in [6.45, 7) is 2.25. The third-order valence-corrected chi connectivity index (χ3v) is 5.60. The second-order valence-electron chi connectivity index (χ2n) is 5.46. The molecule has 0 amide bonds. The van der Waals surface area contributed by atoms with Crippen molar-refractivity contribution >= 4 is 21.4 Å². The molecule has 1 heterocycles. The zero-order valence-corrected chi connectivity index (χ0v) is 11.7. The lowest BCUT2D eigenvalue weighted by Crippen LogP contribution is -1.95. The maximum atomic E-state index is 9.59. The van der Waals surface area contributed by atoms with Crippen molar-refractivity contribution in [1.29, 1.82) is 0 Å². The van der Waals surface area contributed by atoms with E-state index in [0.717, 1.165) is 5.92 Å². The van der Waals surface area contributed by atoms with Gasteiger partial charge in [0, 0.05) is 9.58 Å². The molecule has 96 valence electrons. The van der Waals surface area contributed by atoms with Gasteiger partial charge in [-0.05, 0) is 54.8 Å². The highest BCUT2D eigenvalue weighted by Crippen LogP contribution is 2.42. The molecule has 1 aliphatic rings. The smallest absolute Gasteiger partial charge is 0.117 e. The Labute approximate surface area is 112 Å². The highest BCUT2D eigenvalue weighted by molar-refractivity contribution is 7.19. The number of benzene rings is 1. The molecular formula is C16H20OS. The first-order valence-corrected chi connectivity index (χ1v) is 7.79. The van der Waals surface area contributed by atoms with Crippen LogP contribution in [0.2, 0.25) is 0 Å². The van der Waals surface area contributed by atoms with Crippen LogP contribution in [0.1, 0.15) is 54.9 Å². The summed E-state index contributed by atoms with van der Waals surface area (Å²) in [5, 5.41) is 10.9. The van der Waals surface area contributed by atoms with Gasteiger partial charge in [0.2, 0.25) is 0 Å². The SMILES string of the molecule is Cc1c(C2CCCCCC2)sc2cc(O)ccc12. The zero-order valence-electron chi connectivity index (χ0n) is 10.9. The van der Waals surface area contributed by atoms with E-state index in [1.165, 1.54) is 54.2 Å². The van der Waals surface area contributed by atoms with Crippen molar-refractivity contribution in [2.24, 2.45) is 0 Å². The Hall–Kier alpha value is -1.02. The summed E-state index contributed by atoms with van der Waals surface area (Å²) in [6, 6.07) is 5.78. The molecule has 2 heteroatoms. The minimum absolute atomic E-state index is 0.385. The van der Waals surface area contributed by atoms with Crippen LogP contribution in [0.4, 0.5) is 0 Å². The Balaban J connectivity index is 2.02. The molecule has 18 heavy (non-hydrogen) atoms. The Morgan fingerprint density at radius 3 is 2.56 bits per heavy atom. The fourth-order valence-corrected chi connectivity index (χ4v) is 4.58. The van der Waals surface area contributed by atoms with Crippen LogP contribution in [0.15, 0.2) is 18.2 Å². The maximum Gasteiger partial charge on any atom is 0.117 e. The van der Waals surface area contributed by atoms with Gasteiger partial charge in [0.1, 0.15) is 5.75 Å². The van der Waals surface area contributed by atoms with Crippen molar-refractivity contribution in [3.05, 3.63) is 28.6 Å². The Morgan fingerprint density at radius 2 is 1.83 bits per heavy atom. The minimum Gasteiger partial charge on any atom is -0.508 e. The van der Waals surface area contributed by atoms with E-state index in [1.807, 2.05) is 17.4 Å². The average Bonchev–Trinajstić information content (AvgIpc) is 2.57. The minimum atomic E-state index is 0.385. The van der Waals surface area contributed by atoms with E-state index in [9.17, 15) is 5.11 Å². The van der Waals surface area contributed by atoms with Gasteiger partial charge in [-0.15, -0.1) is 11.3 Å². The van der Waals surface area contributed by atoms with E-state index in [-0.39, 0.29) is 0 Å². The Morgan fingerprint density at radius 1 is 1.11 bits per heavy atom. The van der Waals surface area contributed by atoms with E-state index in [2.05, 4.69) is 13.0 Å². The molecule has 0 spiro atoms. The lowest BCUT2D eigenvalue weighted by molar-refractivity contribution is 0.476. The lowest BCUT2D eigenvalue weighted by atomic mass is 9.95. The predicted molar refractivity (Wildman–Crippen MR) is 78.7 cm³/mol. The van der Waals surface area contributed by atoms with Gasteiger partial charge in [-0.2, -0.15) is 0 Å². The fraction of sp³-hybridized carbons (Fsp3) is 0.500. The number of thiophene rings is 1. The van der Waals surface area contributed by atoms with Gasteiger partial charge in [0.05, 0.1) is 0 Å². The monoisotopic (exact) mass is 260 g/mol. The maximum absolute atomic E-state index is 9.59. The van der Waals surface area contributed by atoms with Crippen LogP contribution in [0.3, 0.4) is 0 Å². The topological polar surface area (TPSA) is 20.2 Å². The molecule has 2 aromatic rings. The van der Waals surface area contributed by atoms with E-state index in [4.69, 9.17) is 0 Å². The highest BCUT2D eigenvalue weighted by atomic mass is 32.1. The van der Waals surface area contributed by atoms with Crippen LogP contribution in [0.25, 0.3) is 10.1 Å². The van der Waals surface area contributed by atoms with Crippen molar-refractivity contribution in [2.75, 3.05) is 0 Å². The molecule has 1 nitrogen and oxygen atoms in total. The summed E-state index contributed by atoms with van der Waals surface area (Å²) < 4.78 is 1.24. The third-order valence-electron chi connectivity index (χ3n) is 4.18. The van der Waals surface area contributed by atoms with Crippen molar-refractivity contribution in [2.45, 2.75) is 51.4 Å². The molecule has 0 unspecified atom stereocenters. The molecule has 0 atom stereocenters. The van der Waals surface area contributed by atoms with Gasteiger partial charge in [0.25, 0.3) is 0 Å². The second kappa shape index (κ2) is 4.93. The van der Waals surface area contributed by atoms with E-state index in [1.54, 1.807) is 10.9 Å². The largest absolute Gasteiger partial charge is 0.508 e. The molecule has 0 radical (unpaired) electrons. The predicted octanol–water partition coefficient (Wildman–Crippen LogP) is 5.35. The van der Waals surface area contributed by atoms with Gasteiger partial charge < -0.3 is 5.11 Å². The molecule has 1 aliphatic carbocycles. The summed E-state index contributed by atoms with van der Waals surface area (Å²) in [6.07, 6.45) is 8.26. The number of fused-ring (bicyclic) bond motifs is 1. The molecule has 0 aliphatic heterocycles. The van der Waals surface area contributed by atoms with Gasteiger partial charge in [-0.25, -0.2) is 0 Å². The van der Waals surface area contributed by atoms with Crippen LogP contribution in [-0.2, 0) is 0 Å². The van der Waals surface area contributed by atoms with Crippen molar-refractivity contribution in [1.82, 2.24) is 0 Å². The van der Waals surface area contributed by atoms with Gasteiger partial charge in [-0.3, -0.25) is 0 Å². The molecule has 0 saturated heterocycles. The summed E-state index contributed by atoms with van der Waals surface area (Å²) >= 11 is 1.89. The van der Waals surface area contributed by atoms with Gasteiger partial charge >= 0.3 is 0 Å². The zero-order chi connectivity index (χ0) is 12.5. The highest BCUT2D eigenvalue weighted by Gasteiger charge is 2.19. The Bertz CT molecular complexity index is 547. The Kier molecular flexibility index (Phi) is 3.29. The van der Waals surface area contributed by atoms with E-state index in [0.29, 0.717) is 5.75 Å². The molecule has 0 bridgehead atoms. The first kappa shape index (κ1) is 12.0. The van der Waals surface area contributed by atoms with Gasteiger partial charge in [-0.1, -0.05) is 25.7 Å². The fourth-order valence-electron chi connectivity index (χ4n) is 3.16. The van der Waals surface area contributed by atoms with Gasteiger partial charge in [0.15, 0.2) is 0 Å². The number of aromatic hydroxyl groups is 1. The molecule has 1 fully saturated rings. The molecule has 1 saturated carbocycles. The van der Waals surface area contributed by atoms with E-state index >= 15 is 0 Å². The number of hydrogen-bond acceptors (Lipinski definition) is 2. The first-order valence-electron chi connectivity index (χ1n) is 6.98. The van der Waals surface area contributed by atoms with Crippen LogP contribution >= 0.6 is 11.3 Å². The average molecular weight is 260 g/mol. The molecule has 1 aromatic heterocycles. The van der Waals surface area contributed by atoms with Crippen LogP contribution < -0.4 is 0 Å². The number of rotatable bonds is 1. The van der Waals surface area contributed by atoms with Crippen LogP contribution in [0, 0.1) is 6.92 Å². The van der Waals surface area contributed by atoms with E-state index < -0.39 is 0 Å². The van der Waals surface area contributed by atoms with Crippen molar-refractivity contribution < 1.29 is 5.11 Å². The summed E-state index contributed by atoms with van der Waals surface area (Å²) in [4.78, 5) is 1.57. The summed E-state index contributed by atoms with van der Waals surface area (Å²) in [5.41, 5.74) is 1.45. The normalized spacial score (nSPS) is 18.1. The molecule has 1 N–H and O–H groups in total. The number of phenolic OH excluding ortho intramolecular Hbond substituents is 1. The van der Waals surface area contributed by atoms with Crippen LogP contribution in [-0.4, -0.2) is 5.11 Å². The molecular weight excluding hydrogens is 240 g/mol. The quantitative estimate of drug-likeness (QED) is 0.685. The molecule has 1 aromatic carbocycles. The molecule has 3 rings (SSSR count). The first-order chi connectivity index (χ1) is 8.75. The van der Waals surface area contributed by atoms with Crippen LogP contribution in [0.5, 0.6) is 5.75 Å². The third kappa shape index (κ3) is 2.14.